The first-order valence-electron chi connectivity index (χ1n) is 10.2. The summed E-state index contributed by atoms with van der Waals surface area (Å²) >= 11 is 1.81. The summed E-state index contributed by atoms with van der Waals surface area (Å²) in [4.78, 5) is 13.3. The van der Waals surface area contributed by atoms with Crippen molar-refractivity contribution in [2.24, 2.45) is 0 Å². The van der Waals surface area contributed by atoms with Crippen LogP contribution < -0.4 is 14.8 Å². The molecule has 1 N–H and O–H groups in total. The summed E-state index contributed by atoms with van der Waals surface area (Å²) in [5.41, 5.74) is 1.96. The number of para-hydroxylation sites is 1. The van der Waals surface area contributed by atoms with Gasteiger partial charge in [-0.15, -0.1) is 11.8 Å². The third kappa shape index (κ3) is 6.47. The second-order valence-electron chi connectivity index (χ2n) is 8.19. The highest BCUT2D eigenvalue weighted by molar-refractivity contribution is 7.99. The predicted octanol–water partition coefficient (Wildman–Crippen LogP) is 4.64. The zero-order chi connectivity index (χ0) is 21.6. The van der Waals surface area contributed by atoms with Crippen LogP contribution in [-0.4, -0.2) is 29.9 Å². The number of carbonyl (C=O) groups excluding carboxylic acids is 1. The van der Waals surface area contributed by atoms with Gasteiger partial charge in [0.25, 0.3) is 0 Å². The highest BCUT2D eigenvalue weighted by Gasteiger charge is 2.32. The summed E-state index contributed by atoms with van der Waals surface area (Å²) < 4.78 is 11.8. The molecule has 0 radical (unpaired) electrons. The maximum Gasteiger partial charge on any atom is 0.225 e. The van der Waals surface area contributed by atoms with Crippen LogP contribution in [0, 0.1) is 11.8 Å². The topological polar surface area (TPSA) is 47.6 Å². The van der Waals surface area contributed by atoms with Gasteiger partial charge in [-0.25, -0.2) is 0 Å². The van der Waals surface area contributed by atoms with E-state index >= 15 is 0 Å². The largest absolute Gasteiger partial charge is 0.483 e. The average Bonchev–Trinajstić information content (AvgIpc) is 3.00. The lowest BCUT2D eigenvalue weighted by Crippen LogP contribution is -2.25. The fourth-order valence-corrected chi connectivity index (χ4v) is 4.11. The van der Waals surface area contributed by atoms with Gasteiger partial charge in [0.15, 0.2) is 11.5 Å². The molecule has 0 spiro atoms. The summed E-state index contributed by atoms with van der Waals surface area (Å²) in [6.07, 6.45) is 1.23. The highest BCUT2D eigenvalue weighted by Crippen LogP contribution is 2.41. The van der Waals surface area contributed by atoms with E-state index in [0.29, 0.717) is 18.2 Å². The molecule has 30 heavy (non-hydrogen) atoms. The van der Waals surface area contributed by atoms with Crippen molar-refractivity contribution in [3.8, 4) is 23.3 Å². The van der Waals surface area contributed by atoms with Gasteiger partial charge in [0.05, 0.1) is 13.0 Å². The molecule has 3 rings (SSSR count). The molecule has 0 saturated carbocycles. The predicted molar refractivity (Wildman–Crippen MR) is 122 cm³/mol. The normalized spacial score (nSPS) is 13.8. The van der Waals surface area contributed by atoms with Gasteiger partial charge in [0, 0.05) is 22.1 Å². The van der Waals surface area contributed by atoms with Gasteiger partial charge in [0.2, 0.25) is 5.91 Å². The SMILES string of the molecule is CC(C)Sc1ccc(CC(=O)NCC#CCOc2cccc3c2OC(C)(C)C3)cc1. The third-order valence-electron chi connectivity index (χ3n) is 4.51. The Bertz CT molecular complexity index is 939. The number of hydrogen-bond donors (Lipinski definition) is 1. The molecule has 0 atom stereocenters. The lowest BCUT2D eigenvalue weighted by molar-refractivity contribution is -0.120. The number of thioether (sulfide) groups is 1. The van der Waals surface area contributed by atoms with Gasteiger partial charge in [0.1, 0.15) is 12.2 Å². The van der Waals surface area contributed by atoms with Gasteiger partial charge in [-0.3, -0.25) is 4.79 Å². The molecule has 0 aromatic heterocycles. The number of ether oxygens (including phenoxy) is 2. The molecule has 5 heteroatoms. The fourth-order valence-electron chi connectivity index (χ4n) is 3.28. The number of fused-ring (bicyclic) bond motifs is 1. The molecule has 2 aromatic carbocycles. The van der Waals surface area contributed by atoms with Gasteiger partial charge in [-0.1, -0.05) is 50.0 Å². The molecular formula is C25H29NO3S. The summed E-state index contributed by atoms with van der Waals surface area (Å²) in [5.74, 6) is 7.38. The molecule has 1 aliphatic heterocycles. The standard InChI is InChI=1S/C25H29NO3S/c1-18(2)30-21-12-10-19(11-13-21)16-23(27)26-14-5-6-15-28-22-9-7-8-20-17-25(3,4)29-24(20)22/h7-13,18H,14-17H2,1-4H3,(H,26,27). The van der Waals surface area contributed by atoms with Crippen molar-refractivity contribution >= 4 is 17.7 Å². The maximum absolute atomic E-state index is 12.1. The molecule has 158 valence electrons. The number of hydrogen-bond acceptors (Lipinski definition) is 4. The van der Waals surface area contributed by atoms with Crippen molar-refractivity contribution in [1.82, 2.24) is 5.32 Å². The van der Waals surface area contributed by atoms with Gasteiger partial charge >= 0.3 is 0 Å². The van der Waals surface area contributed by atoms with Crippen LogP contribution in [0.3, 0.4) is 0 Å². The molecule has 1 amide bonds. The minimum absolute atomic E-state index is 0.0361. The number of carbonyl (C=O) groups is 1. The van der Waals surface area contributed by atoms with Crippen LogP contribution in [0.2, 0.25) is 0 Å². The first-order valence-corrected chi connectivity index (χ1v) is 11.1. The Morgan fingerprint density at radius 2 is 1.97 bits per heavy atom. The molecule has 0 fully saturated rings. The monoisotopic (exact) mass is 423 g/mol. The van der Waals surface area contributed by atoms with Crippen molar-refractivity contribution in [1.29, 1.82) is 0 Å². The first kappa shape index (κ1) is 22.1. The van der Waals surface area contributed by atoms with Crippen molar-refractivity contribution in [2.75, 3.05) is 13.2 Å². The Morgan fingerprint density at radius 1 is 1.20 bits per heavy atom. The summed E-state index contributed by atoms with van der Waals surface area (Å²) in [7, 11) is 0. The smallest absolute Gasteiger partial charge is 0.225 e. The second kappa shape index (κ2) is 9.95. The van der Waals surface area contributed by atoms with Crippen LogP contribution in [0.1, 0.15) is 38.8 Å². The molecule has 0 saturated heterocycles. The van der Waals surface area contributed by atoms with Crippen LogP contribution in [0.25, 0.3) is 0 Å². The van der Waals surface area contributed by atoms with Gasteiger partial charge in [-0.05, 0) is 37.6 Å². The van der Waals surface area contributed by atoms with Crippen LogP contribution in [0.5, 0.6) is 11.5 Å². The van der Waals surface area contributed by atoms with Gasteiger partial charge in [-0.2, -0.15) is 0 Å². The van der Waals surface area contributed by atoms with Crippen LogP contribution >= 0.6 is 11.8 Å². The Morgan fingerprint density at radius 3 is 2.70 bits per heavy atom. The first-order chi connectivity index (χ1) is 14.3. The number of nitrogens with one attached hydrogen (secondary N) is 1. The van der Waals surface area contributed by atoms with Crippen molar-refractivity contribution < 1.29 is 14.3 Å². The highest BCUT2D eigenvalue weighted by atomic mass is 32.2. The zero-order valence-electron chi connectivity index (χ0n) is 18.1. The van der Waals surface area contributed by atoms with Crippen LogP contribution in [0.4, 0.5) is 0 Å². The van der Waals surface area contributed by atoms with Crippen molar-refractivity contribution in [3.63, 3.8) is 0 Å². The fraction of sp³-hybridized carbons (Fsp3) is 0.400. The van der Waals surface area contributed by atoms with E-state index in [1.165, 1.54) is 4.90 Å². The van der Waals surface area contributed by atoms with E-state index in [2.05, 4.69) is 63.1 Å². The summed E-state index contributed by atoms with van der Waals surface area (Å²) in [6.45, 7) is 9.03. The van der Waals surface area contributed by atoms with Crippen molar-refractivity contribution in [3.05, 3.63) is 53.6 Å². The Labute approximate surface area is 183 Å². The molecule has 1 heterocycles. The van der Waals surface area contributed by atoms with Crippen molar-refractivity contribution in [2.45, 2.75) is 56.3 Å². The maximum atomic E-state index is 12.1. The average molecular weight is 424 g/mol. The molecule has 4 nitrogen and oxygen atoms in total. The number of rotatable bonds is 7. The van der Waals surface area contributed by atoms with E-state index in [1.807, 2.05) is 36.0 Å². The lowest BCUT2D eigenvalue weighted by atomic mass is 10.0. The Balaban J connectivity index is 1.40. The van der Waals surface area contributed by atoms with E-state index in [1.54, 1.807) is 0 Å². The second-order valence-corrected chi connectivity index (χ2v) is 9.84. The Hall–Kier alpha value is -2.58. The van der Waals surface area contributed by atoms with E-state index in [4.69, 9.17) is 9.47 Å². The van der Waals surface area contributed by atoms with E-state index in [-0.39, 0.29) is 18.1 Å². The third-order valence-corrected chi connectivity index (χ3v) is 5.53. The summed E-state index contributed by atoms with van der Waals surface area (Å²) in [6, 6.07) is 14.1. The lowest BCUT2D eigenvalue weighted by Gasteiger charge is -2.17. The molecule has 0 bridgehead atoms. The quantitative estimate of drug-likeness (QED) is 0.521. The van der Waals surface area contributed by atoms with Crippen LogP contribution in [0.15, 0.2) is 47.4 Å². The minimum atomic E-state index is -0.203. The molecule has 2 aromatic rings. The van der Waals surface area contributed by atoms with E-state index < -0.39 is 0 Å². The summed E-state index contributed by atoms with van der Waals surface area (Å²) in [5, 5.41) is 3.38. The van der Waals surface area contributed by atoms with Gasteiger partial charge < -0.3 is 14.8 Å². The zero-order valence-corrected chi connectivity index (χ0v) is 18.9. The molecule has 0 unspecified atom stereocenters. The number of amides is 1. The minimum Gasteiger partial charge on any atom is -0.483 e. The molecule has 1 aliphatic rings. The molecule has 0 aliphatic carbocycles. The van der Waals surface area contributed by atoms with E-state index in [9.17, 15) is 4.79 Å². The van der Waals surface area contributed by atoms with E-state index in [0.717, 1.165) is 29.0 Å². The number of benzene rings is 2. The molecular weight excluding hydrogens is 394 g/mol. The Kier molecular flexibility index (Phi) is 7.33. The van der Waals surface area contributed by atoms with Crippen LogP contribution in [-0.2, 0) is 17.6 Å².